The number of likely N-dealkylation sites (tertiary alicyclic amines) is 1. The first-order valence-electron chi connectivity index (χ1n) is 14.8. The van der Waals surface area contributed by atoms with Crippen molar-refractivity contribution in [2.75, 3.05) is 75.2 Å². The largest absolute Gasteiger partial charge is 0.489 e. The molecule has 11 heteroatoms. The van der Waals surface area contributed by atoms with E-state index in [0.29, 0.717) is 36.1 Å². The van der Waals surface area contributed by atoms with E-state index in [0.717, 1.165) is 53.1 Å². The molecule has 7 rings (SSSR count). The summed E-state index contributed by atoms with van der Waals surface area (Å²) < 4.78 is 19.3. The van der Waals surface area contributed by atoms with Crippen molar-refractivity contribution in [3.05, 3.63) is 54.7 Å². The number of aromatic nitrogens is 3. The number of H-pyrrole nitrogens is 1. The molecule has 3 N–H and O–H groups in total. The van der Waals surface area contributed by atoms with Crippen LogP contribution in [0.3, 0.4) is 0 Å². The summed E-state index contributed by atoms with van der Waals surface area (Å²) in [4.78, 5) is 20.4. The highest BCUT2D eigenvalue weighted by atomic mass is 31.2. The topological polar surface area (TPSA) is 102 Å². The molecule has 2 saturated heterocycles. The number of para-hydroxylation sites is 1. The molecule has 2 aromatic heterocycles. The Morgan fingerprint density at radius 2 is 1.81 bits per heavy atom. The molecule has 0 spiro atoms. The molecule has 2 aromatic carbocycles. The zero-order valence-electron chi connectivity index (χ0n) is 24.5. The van der Waals surface area contributed by atoms with Crippen molar-refractivity contribution in [2.45, 2.75) is 24.9 Å². The quantitative estimate of drug-likeness (QED) is 0.278. The smallest absolute Gasteiger partial charge is 0.231 e. The Bertz CT molecular complexity index is 1640. The summed E-state index contributed by atoms with van der Waals surface area (Å²) in [5, 5.41) is 8.46. The van der Waals surface area contributed by atoms with Crippen molar-refractivity contribution in [3.63, 3.8) is 0 Å². The lowest BCUT2D eigenvalue weighted by Crippen LogP contribution is -2.60. The Balaban J connectivity index is 1.09. The number of benzene rings is 2. The van der Waals surface area contributed by atoms with Crippen molar-refractivity contribution in [2.24, 2.45) is 0 Å². The molecule has 1 atom stereocenters. The first-order chi connectivity index (χ1) is 20.3. The lowest BCUT2D eigenvalue weighted by atomic mass is 10.00. The van der Waals surface area contributed by atoms with Gasteiger partial charge >= 0.3 is 0 Å². The van der Waals surface area contributed by atoms with Gasteiger partial charge < -0.3 is 34.7 Å². The molecule has 3 aliphatic heterocycles. The number of rotatable bonds is 6. The van der Waals surface area contributed by atoms with E-state index in [1.165, 1.54) is 25.9 Å². The van der Waals surface area contributed by atoms with Crippen LogP contribution in [0.1, 0.15) is 12.8 Å². The summed E-state index contributed by atoms with van der Waals surface area (Å²) in [5.41, 5.74) is 3.51. The van der Waals surface area contributed by atoms with Crippen LogP contribution in [-0.2, 0) is 4.57 Å². The number of hydrogen-bond acceptors (Lipinski definition) is 9. The molecule has 42 heavy (non-hydrogen) atoms. The Morgan fingerprint density at radius 3 is 2.64 bits per heavy atom. The van der Waals surface area contributed by atoms with E-state index in [-0.39, 0.29) is 0 Å². The number of hydrogen-bond donors (Lipinski definition) is 3. The van der Waals surface area contributed by atoms with Crippen molar-refractivity contribution >= 4 is 52.3 Å². The van der Waals surface area contributed by atoms with Gasteiger partial charge in [0.15, 0.2) is 0 Å². The molecule has 3 aliphatic rings. The van der Waals surface area contributed by atoms with E-state index in [1.54, 1.807) is 13.3 Å². The molecular formula is C31H39N8O2P. The van der Waals surface area contributed by atoms with Gasteiger partial charge in [-0.1, -0.05) is 12.1 Å². The van der Waals surface area contributed by atoms with E-state index < -0.39 is 7.14 Å². The fraction of sp³-hybridized carbons (Fsp3) is 0.419. The third-order valence-electron chi connectivity index (χ3n) is 8.83. The maximum absolute atomic E-state index is 12.9. The monoisotopic (exact) mass is 586 g/mol. The molecule has 4 aromatic rings. The number of ether oxygens (including phenoxy) is 1. The fourth-order valence-electron chi connectivity index (χ4n) is 6.56. The van der Waals surface area contributed by atoms with E-state index in [1.807, 2.05) is 42.6 Å². The lowest BCUT2D eigenvalue weighted by molar-refractivity contribution is 0.0868. The summed E-state index contributed by atoms with van der Waals surface area (Å²) in [5.74, 6) is 1.99. The molecule has 2 fully saturated rings. The molecule has 10 nitrogen and oxygen atoms in total. The third-order valence-corrected chi connectivity index (χ3v) is 10.4. The van der Waals surface area contributed by atoms with Crippen LogP contribution in [0.2, 0.25) is 0 Å². The molecular weight excluding hydrogens is 547 g/mol. The summed E-state index contributed by atoms with van der Waals surface area (Å²) in [6.45, 7) is 9.80. The van der Waals surface area contributed by atoms with Crippen molar-refractivity contribution in [3.8, 4) is 5.75 Å². The molecule has 0 bridgehead atoms. The van der Waals surface area contributed by atoms with Crippen LogP contribution < -0.4 is 25.6 Å². The minimum atomic E-state index is -2.49. The average molecular weight is 587 g/mol. The third kappa shape index (κ3) is 5.35. The molecule has 0 saturated carbocycles. The van der Waals surface area contributed by atoms with Gasteiger partial charge in [-0.2, -0.15) is 9.97 Å². The molecule has 5 heterocycles. The zero-order chi connectivity index (χ0) is 28.8. The minimum absolute atomic E-state index is 0.376. The van der Waals surface area contributed by atoms with Crippen molar-refractivity contribution < 1.29 is 9.30 Å². The molecule has 220 valence electrons. The van der Waals surface area contributed by atoms with Crippen molar-refractivity contribution in [1.29, 1.82) is 0 Å². The van der Waals surface area contributed by atoms with Gasteiger partial charge in [0.25, 0.3) is 0 Å². The minimum Gasteiger partial charge on any atom is -0.489 e. The summed E-state index contributed by atoms with van der Waals surface area (Å²) in [6, 6.07) is 17.0. The average Bonchev–Trinajstić information content (AvgIpc) is 3.46. The standard InChI is InChI=1S/C31H39N8O2P/c1-37-14-11-22(12-15-37)38-16-17-39-23(19-38)20-41-27-18-21(8-9-26(27)39)33-31-35-29-24(10-13-32-29)30(36-31)34-25-6-4-5-7-28(25)42(2,3)40/h4-10,13,18,22-23H,11-12,14-17,19-20H2,1-3H3,(H3,32,33,34,35,36)/t23-/m1/s1. The molecule has 0 aliphatic carbocycles. The van der Waals surface area contributed by atoms with Crippen LogP contribution in [-0.4, -0.2) is 96.5 Å². The normalized spacial score (nSPS) is 20.2. The van der Waals surface area contributed by atoms with E-state index in [9.17, 15) is 4.57 Å². The Morgan fingerprint density at radius 1 is 0.976 bits per heavy atom. The van der Waals surface area contributed by atoms with Gasteiger partial charge in [0.05, 0.1) is 22.8 Å². The number of nitrogens with one attached hydrogen (secondary N) is 3. The second kappa shape index (κ2) is 10.9. The SMILES string of the molecule is CN1CCC(N2CCN3c4ccc(Nc5nc(Nc6ccccc6P(C)(C)=O)c6cc[nH]c6n5)cc4OC[C@H]3C2)CC1. The highest BCUT2D eigenvalue weighted by Gasteiger charge is 2.36. The Hall–Kier alpha value is -3.59. The zero-order valence-corrected chi connectivity index (χ0v) is 25.4. The summed E-state index contributed by atoms with van der Waals surface area (Å²) in [6.07, 6.45) is 4.36. The highest BCUT2D eigenvalue weighted by Crippen LogP contribution is 2.40. The maximum atomic E-state index is 12.9. The van der Waals surface area contributed by atoms with Crippen LogP contribution in [0.15, 0.2) is 54.7 Å². The Labute approximate surface area is 246 Å². The van der Waals surface area contributed by atoms with Gasteiger partial charge in [-0.15, -0.1) is 0 Å². The van der Waals surface area contributed by atoms with Gasteiger partial charge in [0.1, 0.15) is 31.0 Å². The maximum Gasteiger partial charge on any atom is 0.231 e. The first-order valence-corrected chi connectivity index (χ1v) is 17.4. The van der Waals surface area contributed by atoms with Crippen molar-refractivity contribution in [1.82, 2.24) is 24.8 Å². The van der Waals surface area contributed by atoms with Crippen LogP contribution in [0, 0.1) is 0 Å². The summed E-state index contributed by atoms with van der Waals surface area (Å²) in [7, 11) is -0.268. The number of piperazine rings is 1. The fourth-order valence-corrected chi connectivity index (χ4v) is 7.72. The number of piperidine rings is 1. The molecule has 0 radical (unpaired) electrons. The van der Waals surface area contributed by atoms with Crippen LogP contribution >= 0.6 is 7.14 Å². The van der Waals surface area contributed by atoms with Gasteiger partial charge in [0, 0.05) is 48.9 Å². The van der Waals surface area contributed by atoms with Crippen LogP contribution in [0.4, 0.5) is 28.8 Å². The van der Waals surface area contributed by atoms with E-state index in [4.69, 9.17) is 14.7 Å². The molecule has 0 unspecified atom stereocenters. The number of nitrogens with zero attached hydrogens (tertiary/aromatic N) is 5. The van der Waals surface area contributed by atoms with E-state index in [2.05, 4.69) is 49.5 Å². The van der Waals surface area contributed by atoms with Gasteiger partial charge in [0.2, 0.25) is 5.95 Å². The van der Waals surface area contributed by atoms with Gasteiger partial charge in [-0.3, -0.25) is 4.90 Å². The Kier molecular flexibility index (Phi) is 7.08. The second-order valence-corrected chi connectivity index (χ2v) is 15.3. The predicted molar refractivity (Wildman–Crippen MR) is 171 cm³/mol. The first kappa shape index (κ1) is 27.3. The lowest BCUT2D eigenvalue weighted by Gasteiger charge is -2.48. The molecule has 0 amide bonds. The second-order valence-electron chi connectivity index (χ2n) is 12.1. The van der Waals surface area contributed by atoms with Gasteiger partial charge in [-0.05, 0) is 76.6 Å². The van der Waals surface area contributed by atoms with Gasteiger partial charge in [-0.25, -0.2) is 0 Å². The highest BCUT2D eigenvalue weighted by molar-refractivity contribution is 7.70. The number of anilines is 5. The summed E-state index contributed by atoms with van der Waals surface area (Å²) >= 11 is 0. The van der Waals surface area contributed by atoms with Crippen LogP contribution in [0.25, 0.3) is 11.0 Å². The number of fused-ring (bicyclic) bond motifs is 4. The van der Waals surface area contributed by atoms with E-state index >= 15 is 0 Å². The number of aromatic amines is 1. The predicted octanol–water partition coefficient (Wildman–Crippen LogP) is 4.67. The van der Waals surface area contributed by atoms with Crippen LogP contribution in [0.5, 0.6) is 5.75 Å².